The molecule has 12 heavy (non-hydrogen) atoms. The number of rotatable bonds is 2. The van der Waals surface area contributed by atoms with E-state index in [0.29, 0.717) is 5.02 Å². The van der Waals surface area contributed by atoms with Crippen LogP contribution in [0.25, 0.3) is 0 Å². The Balaban J connectivity index is 3.04. The van der Waals surface area contributed by atoms with E-state index in [1.165, 1.54) is 0 Å². The van der Waals surface area contributed by atoms with Crippen molar-refractivity contribution in [3.8, 4) is 0 Å². The maximum Gasteiger partial charge on any atom is 0.0923 e. The van der Waals surface area contributed by atoms with Crippen molar-refractivity contribution in [2.24, 2.45) is 5.73 Å². The molecule has 0 spiro atoms. The number of aliphatic hydroxyl groups excluding tert-OH is 1. The number of aliphatic hydroxyl groups is 1. The fraction of sp³-hybridized carbons (Fsp3) is 0.250. The lowest BCUT2D eigenvalue weighted by Gasteiger charge is -2.10. The highest BCUT2D eigenvalue weighted by Gasteiger charge is 2.09. The van der Waals surface area contributed by atoms with E-state index in [4.69, 9.17) is 17.3 Å². The molecule has 0 aromatic heterocycles. The van der Waals surface area contributed by atoms with Crippen LogP contribution >= 0.6 is 27.5 Å². The summed E-state index contributed by atoms with van der Waals surface area (Å²) in [4.78, 5) is 0. The van der Waals surface area contributed by atoms with Crippen molar-refractivity contribution >= 4 is 27.5 Å². The van der Waals surface area contributed by atoms with Crippen molar-refractivity contribution < 1.29 is 5.11 Å². The van der Waals surface area contributed by atoms with Gasteiger partial charge in [0.25, 0.3) is 0 Å². The van der Waals surface area contributed by atoms with Crippen molar-refractivity contribution in [2.45, 2.75) is 6.10 Å². The Bertz CT molecular complexity index is 280. The van der Waals surface area contributed by atoms with Gasteiger partial charge in [-0.05, 0) is 23.8 Å². The average Bonchev–Trinajstić information content (AvgIpc) is 2.08. The van der Waals surface area contributed by atoms with Crippen LogP contribution in [0.3, 0.4) is 0 Å². The topological polar surface area (TPSA) is 46.2 Å². The van der Waals surface area contributed by atoms with Crippen LogP contribution in [0.4, 0.5) is 0 Å². The Kier molecular flexibility index (Phi) is 3.53. The van der Waals surface area contributed by atoms with E-state index in [-0.39, 0.29) is 6.54 Å². The lowest BCUT2D eigenvalue weighted by atomic mass is 10.1. The molecular weight excluding hydrogens is 241 g/mol. The molecule has 0 unspecified atom stereocenters. The standard InChI is InChI=1S/C8H9BrClNO/c9-7-2-1-5(10)3-6(7)8(12)4-11/h1-3,8,12H,4,11H2/t8-/m0/s1. The maximum atomic E-state index is 9.42. The van der Waals surface area contributed by atoms with Gasteiger partial charge in [-0.2, -0.15) is 0 Å². The minimum absolute atomic E-state index is 0.193. The zero-order chi connectivity index (χ0) is 9.14. The van der Waals surface area contributed by atoms with Crippen molar-refractivity contribution in [2.75, 3.05) is 6.54 Å². The van der Waals surface area contributed by atoms with E-state index >= 15 is 0 Å². The molecule has 4 heteroatoms. The highest BCUT2D eigenvalue weighted by molar-refractivity contribution is 9.10. The van der Waals surface area contributed by atoms with Crippen molar-refractivity contribution in [3.63, 3.8) is 0 Å². The third-order valence-corrected chi connectivity index (χ3v) is 2.50. The summed E-state index contributed by atoms with van der Waals surface area (Å²) < 4.78 is 0.824. The van der Waals surface area contributed by atoms with Gasteiger partial charge < -0.3 is 10.8 Å². The third kappa shape index (κ3) is 2.20. The van der Waals surface area contributed by atoms with Gasteiger partial charge in [0.2, 0.25) is 0 Å². The second-order valence-electron chi connectivity index (χ2n) is 2.42. The second kappa shape index (κ2) is 4.23. The predicted octanol–water partition coefficient (Wildman–Crippen LogP) is 2.09. The van der Waals surface area contributed by atoms with Crippen molar-refractivity contribution in [1.82, 2.24) is 0 Å². The normalized spacial score (nSPS) is 13.0. The zero-order valence-corrected chi connectivity index (χ0v) is 8.64. The monoisotopic (exact) mass is 249 g/mol. The molecule has 0 fully saturated rings. The van der Waals surface area contributed by atoms with E-state index in [1.54, 1.807) is 18.2 Å². The Labute approximate surface area is 84.5 Å². The highest BCUT2D eigenvalue weighted by Crippen LogP contribution is 2.25. The van der Waals surface area contributed by atoms with Crippen LogP contribution in [0.1, 0.15) is 11.7 Å². The minimum atomic E-state index is -0.655. The fourth-order valence-corrected chi connectivity index (χ4v) is 1.59. The first-order valence-corrected chi connectivity index (χ1v) is 4.65. The molecule has 1 rings (SSSR count). The zero-order valence-electron chi connectivity index (χ0n) is 6.30. The molecule has 1 aromatic carbocycles. The summed E-state index contributed by atoms with van der Waals surface area (Å²) in [6.07, 6.45) is -0.655. The summed E-state index contributed by atoms with van der Waals surface area (Å²) in [6.45, 7) is 0.193. The Morgan fingerprint density at radius 3 is 2.83 bits per heavy atom. The summed E-state index contributed by atoms with van der Waals surface area (Å²) >= 11 is 9.04. The summed E-state index contributed by atoms with van der Waals surface area (Å²) in [5.41, 5.74) is 6.04. The van der Waals surface area contributed by atoms with Gasteiger partial charge in [0.15, 0.2) is 0 Å². The molecule has 0 saturated carbocycles. The molecule has 0 radical (unpaired) electrons. The molecule has 0 bridgehead atoms. The molecule has 0 saturated heterocycles. The van der Waals surface area contributed by atoms with Gasteiger partial charge in [-0.15, -0.1) is 0 Å². The first-order chi connectivity index (χ1) is 5.65. The van der Waals surface area contributed by atoms with E-state index in [9.17, 15) is 5.11 Å². The number of hydrogen-bond donors (Lipinski definition) is 2. The molecule has 0 heterocycles. The molecule has 2 nitrogen and oxygen atoms in total. The fourth-order valence-electron chi connectivity index (χ4n) is 0.897. The average molecular weight is 251 g/mol. The molecule has 0 aliphatic rings. The number of nitrogens with two attached hydrogens (primary N) is 1. The molecule has 0 aliphatic heterocycles. The first kappa shape index (κ1) is 9.99. The highest BCUT2D eigenvalue weighted by atomic mass is 79.9. The maximum absolute atomic E-state index is 9.42. The second-order valence-corrected chi connectivity index (χ2v) is 3.71. The Morgan fingerprint density at radius 2 is 2.25 bits per heavy atom. The van der Waals surface area contributed by atoms with Crippen molar-refractivity contribution in [3.05, 3.63) is 33.3 Å². The van der Waals surface area contributed by atoms with E-state index in [1.807, 2.05) is 0 Å². The van der Waals surface area contributed by atoms with E-state index < -0.39 is 6.10 Å². The van der Waals surface area contributed by atoms with Gasteiger partial charge >= 0.3 is 0 Å². The van der Waals surface area contributed by atoms with Gasteiger partial charge in [0.05, 0.1) is 6.10 Å². The summed E-state index contributed by atoms with van der Waals surface area (Å²) in [5.74, 6) is 0. The van der Waals surface area contributed by atoms with Crippen LogP contribution in [0.2, 0.25) is 5.02 Å². The smallest absolute Gasteiger partial charge is 0.0923 e. The molecular formula is C8H9BrClNO. The van der Waals surface area contributed by atoms with Crippen LogP contribution in [0, 0.1) is 0 Å². The molecule has 3 N–H and O–H groups in total. The summed E-state index contributed by atoms with van der Waals surface area (Å²) in [5, 5.41) is 10.0. The van der Waals surface area contributed by atoms with Gasteiger partial charge in [0, 0.05) is 16.0 Å². The minimum Gasteiger partial charge on any atom is -0.387 e. The van der Waals surface area contributed by atoms with Crippen LogP contribution in [0.15, 0.2) is 22.7 Å². The summed E-state index contributed by atoms with van der Waals surface area (Å²) in [6, 6.07) is 5.23. The number of benzene rings is 1. The van der Waals surface area contributed by atoms with E-state index in [2.05, 4.69) is 15.9 Å². The predicted molar refractivity (Wildman–Crippen MR) is 53.2 cm³/mol. The van der Waals surface area contributed by atoms with Crippen LogP contribution in [0.5, 0.6) is 0 Å². The lowest BCUT2D eigenvalue weighted by molar-refractivity contribution is 0.186. The molecule has 66 valence electrons. The quantitative estimate of drug-likeness (QED) is 0.844. The lowest BCUT2D eigenvalue weighted by Crippen LogP contribution is -2.11. The van der Waals surface area contributed by atoms with Crippen LogP contribution < -0.4 is 5.73 Å². The Hall–Kier alpha value is -0.0900. The summed E-state index contributed by atoms with van der Waals surface area (Å²) in [7, 11) is 0. The molecule has 0 amide bonds. The SMILES string of the molecule is NC[C@H](O)c1cc(Cl)ccc1Br. The van der Waals surface area contributed by atoms with Gasteiger partial charge in [-0.25, -0.2) is 0 Å². The molecule has 1 atom stereocenters. The van der Waals surface area contributed by atoms with Gasteiger partial charge in [-0.1, -0.05) is 27.5 Å². The number of halogens is 2. The molecule has 1 aromatic rings. The van der Waals surface area contributed by atoms with Crippen LogP contribution in [-0.4, -0.2) is 11.7 Å². The van der Waals surface area contributed by atoms with Crippen molar-refractivity contribution in [1.29, 1.82) is 0 Å². The van der Waals surface area contributed by atoms with Gasteiger partial charge in [-0.3, -0.25) is 0 Å². The largest absolute Gasteiger partial charge is 0.387 e. The van der Waals surface area contributed by atoms with Gasteiger partial charge in [0.1, 0.15) is 0 Å². The molecule has 0 aliphatic carbocycles. The van der Waals surface area contributed by atoms with E-state index in [0.717, 1.165) is 10.0 Å². The Morgan fingerprint density at radius 1 is 1.58 bits per heavy atom. The first-order valence-electron chi connectivity index (χ1n) is 3.48. The van der Waals surface area contributed by atoms with Crippen LogP contribution in [-0.2, 0) is 0 Å². The number of hydrogen-bond acceptors (Lipinski definition) is 2. The third-order valence-electron chi connectivity index (χ3n) is 1.54.